The number of hydrogen-bond donors (Lipinski definition) is 0. The lowest BCUT2D eigenvalue weighted by molar-refractivity contribution is -0.127. The van der Waals surface area contributed by atoms with Gasteiger partial charge in [0.25, 0.3) is 0 Å². The van der Waals surface area contributed by atoms with Crippen LogP contribution < -0.4 is 0 Å². The highest BCUT2D eigenvalue weighted by molar-refractivity contribution is 5.85. The molecule has 1 aliphatic heterocycles. The van der Waals surface area contributed by atoms with Crippen molar-refractivity contribution in [2.24, 2.45) is 5.41 Å². The number of nitrogens with zero attached hydrogens (tertiary/aromatic N) is 4. The number of rotatable bonds is 2. The third-order valence-electron chi connectivity index (χ3n) is 2.92. The molecule has 0 unspecified atom stereocenters. The molecule has 88 valence electrons. The number of fused-ring (bicyclic) bond motifs is 1. The maximum absolute atomic E-state index is 11.9. The first kappa shape index (κ1) is 11.3. The second-order valence-corrected chi connectivity index (χ2v) is 5.32. The number of carbonyl (C=O) groups excluding carboxylic acids is 1. The van der Waals surface area contributed by atoms with Gasteiger partial charge in [0, 0.05) is 18.5 Å². The molecule has 5 nitrogen and oxygen atoms in total. The number of hydrogen-bond acceptors (Lipinski definition) is 4. The zero-order valence-corrected chi connectivity index (χ0v) is 10.1. The minimum atomic E-state index is -0.259. The Morgan fingerprint density at radius 3 is 2.88 bits per heavy atom. The van der Waals surface area contributed by atoms with Gasteiger partial charge < -0.3 is 4.57 Å². The molecule has 0 N–H and O–H groups in total. The van der Waals surface area contributed by atoms with Gasteiger partial charge in [0.2, 0.25) is 0 Å². The summed E-state index contributed by atoms with van der Waals surface area (Å²) in [6.45, 7) is 8.89. The first-order chi connectivity index (χ1) is 7.47. The zero-order valence-electron chi connectivity index (χ0n) is 10.1. The minimum absolute atomic E-state index is 0.259. The normalized spacial score (nSPS) is 17.2. The van der Waals surface area contributed by atoms with E-state index in [1.807, 2.05) is 25.3 Å². The summed E-state index contributed by atoms with van der Waals surface area (Å²) in [5, 5.41) is 7.90. The molecule has 0 saturated carbocycles. The summed E-state index contributed by atoms with van der Waals surface area (Å²) in [5.41, 5.74) is -0.259. The molecule has 0 atom stereocenters. The van der Waals surface area contributed by atoms with Gasteiger partial charge in [-0.25, -0.2) is 0 Å². The van der Waals surface area contributed by atoms with Crippen LogP contribution in [0.2, 0.25) is 0 Å². The van der Waals surface area contributed by atoms with Gasteiger partial charge >= 0.3 is 0 Å². The standard InChI is InChI=1S/C11H18N4O/c1-11(2,3)9(16)6-14-4-5-15-8-12-13-10(15)7-14/h8H,4-7H2,1-3H3. The maximum atomic E-state index is 11.9. The van der Waals surface area contributed by atoms with Crippen LogP contribution in [0, 0.1) is 5.41 Å². The van der Waals surface area contributed by atoms with E-state index in [2.05, 4.69) is 15.1 Å². The monoisotopic (exact) mass is 222 g/mol. The third kappa shape index (κ3) is 2.29. The van der Waals surface area contributed by atoms with E-state index in [1.165, 1.54) is 0 Å². The van der Waals surface area contributed by atoms with Crippen LogP contribution in [-0.2, 0) is 17.9 Å². The van der Waals surface area contributed by atoms with Crippen molar-refractivity contribution in [1.82, 2.24) is 19.7 Å². The van der Waals surface area contributed by atoms with E-state index in [4.69, 9.17) is 0 Å². The van der Waals surface area contributed by atoms with E-state index >= 15 is 0 Å². The second-order valence-electron chi connectivity index (χ2n) is 5.32. The average molecular weight is 222 g/mol. The number of carbonyl (C=O) groups is 1. The quantitative estimate of drug-likeness (QED) is 0.739. The summed E-state index contributed by atoms with van der Waals surface area (Å²) >= 11 is 0. The van der Waals surface area contributed by atoms with Crippen LogP contribution in [0.1, 0.15) is 26.6 Å². The van der Waals surface area contributed by atoms with Crippen molar-refractivity contribution in [2.75, 3.05) is 13.1 Å². The third-order valence-corrected chi connectivity index (χ3v) is 2.92. The Hall–Kier alpha value is -1.23. The summed E-state index contributed by atoms with van der Waals surface area (Å²) in [6, 6.07) is 0. The first-order valence-corrected chi connectivity index (χ1v) is 5.59. The Labute approximate surface area is 95.5 Å². The lowest BCUT2D eigenvalue weighted by Gasteiger charge is -2.28. The highest BCUT2D eigenvalue weighted by Crippen LogP contribution is 2.17. The number of aromatic nitrogens is 3. The van der Waals surface area contributed by atoms with Crippen LogP contribution in [0.5, 0.6) is 0 Å². The smallest absolute Gasteiger partial charge is 0.152 e. The maximum Gasteiger partial charge on any atom is 0.152 e. The Bertz CT molecular complexity index is 391. The van der Waals surface area contributed by atoms with Crippen LogP contribution in [0.4, 0.5) is 0 Å². The molecule has 0 amide bonds. The van der Waals surface area contributed by atoms with Crippen LogP contribution in [0.3, 0.4) is 0 Å². The molecule has 0 fully saturated rings. The van der Waals surface area contributed by atoms with Crippen molar-refractivity contribution in [3.63, 3.8) is 0 Å². The topological polar surface area (TPSA) is 51.0 Å². The van der Waals surface area contributed by atoms with Crippen LogP contribution in [0.15, 0.2) is 6.33 Å². The molecule has 0 aromatic carbocycles. The fraction of sp³-hybridized carbons (Fsp3) is 0.727. The highest BCUT2D eigenvalue weighted by Gasteiger charge is 2.25. The summed E-state index contributed by atoms with van der Waals surface area (Å²) < 4.78 is 2.04. The van der Waals surface area contributed by atoms with E-state index in [0.717, 1.165) is 25.5 Å². The highest BCUT2D eigenvalue weighted by atomic mass is 16.1. The number of ketones is 1. The Morgan fingerprint density at radius 2 is 2.19 bits per heavy atom. The van der Waals surface area contributed by atoms with Crippen molar-refractivity contribution in [3.05, 3.63) is 12.2 Å². The molecule has 1 aliphatic rings. The molecule has 0 bridgehead atoms. The van der Waals surface area contributed by atoms with Crippen molar-refractivity contribution >= 4 is 5.78 Å². The Kier molecular flexibility index (Phi) is 2.80. The molecule has 16 heavy (non-hydrogen) atoms. The number of Topliss-reactive ketones (excluding diaryl/α,β-unsaturated/α-hetero) is 1. The molecule has 2 heterocycles. The molecule has 5 heteroatoms. The van der Waals surface area contributed by atoms with Gasteiger partial charge in [0.05, 0.1) is 13.1 Å². The average Bonchev–Trinajstić information content (AvgIpc) is 2.63. The van der Waals surface area contributed by atoms with Gasteiger partial charge in [-0.05, 0) is 0 Å². The van der Waals surface area contributed by atoms with E-state index in [1.54, 1.807) is 6.33 Å². The molecule has 0 saturated heterocycles. The van der Waals surface area contributed by atoms with E-state index in [-0.39, 0.29) is 11.2 Å². The lowest BCUT2D eigenvalue weighted by atomic mass is 9.90. The largest absolute Gasteiger partial charge is 0.315 e. The molecule has 0 spiro atoms. The van der Waals surface area contributed by atoms with Crippen LogP contribution in [-0.4, -0.2) is 38.5 Å². The van der Waals surface area contributed by atoms with Crippen LogP contribution >= 0.6 is 0 Å². The van der Waals surface area contributed by atoms with Gasteiger partial charge in [0.1, 0.15) is 12.2 Å². The summed E-state index contributed by atoms with van der Waals surface area (Å²) in [6.07, 6.45) is 1.75. The minimum Gasteiger partial charge on any atom is -0.315 e. The van der Waals surface area contributed by atoms with Gasteiger partial charge in [-0.15, -0.1) is 10.2 Å². The van der Waals surface area contributed by atoms with E-state index in [0.29, 0.717) is 6.54 Å². The zero-order chi connectivity index (χ0) is 11.8. The van der Waals surface area contributed by atoms with E-state index < -0.39 is 0 Å². The first-order valence-electron chi connectivity index (χ1n) is 5.59. The van der Waals surface area contributed by atoms with E-state index in [9.17, 15) is 4.79 Å². The van der Waals surface area contributed by atoms with Crippen LogP contribution in [0.25, 0.3) is 0 Å². The van der Waals surface area contributed by atoms with Crippen molar-refractivity contribution < 1.29 is 4.79 Å². The molecular formula is C11H18N4O. The SMILES string of the molecule is CC(C)(C)C(=O)CN1CCn2cnnc2C1. The molecule has 0 radical (unpaired) electrons. The summed E-state index contributed by atoms with van der Waals surface area (Å²) in [5.74, 6) is 1.23. The second kappa shape index (κ2) is 3.97. The van der Waals surface area contributed by atoms with Gasteiger partial charge in [-0.3, -0.25) is 9.69 Å². The van der Waals surface area contributed by atoms with Crippen molar-refractivity contribution in [2.45, 2.75) is 33.9 Å². The van der Waals surface area contributed by atoms with Crippen molar-refractivity contribution in [3.8, 4) is 0 Å². The Morgan fingerprint density at radius 1 is 1.44 bits per heavy atom. The Balaban J connectivity index is 1.97. The molecule has 2 rings (SSSR count). The lowest BCUT2D eigenvalue weighted by Crippen LogP contribution is -2.40. The van der Waals surface area contributed by atoms with Gasteiger partial charge in [0.15, 0.2) is 5.78 Å². The molecule has 1 aromatic heterocycles. The fourth-order valence-electron chi connectivity index (χ4n) is 1.69. The predicted octanol–water partition coefficient (Wildman–Crippen LogP) is 0.709. The predicted molar refractivity (Wildman–Crippen MR) is 59.8 cm³/mol. The fourth-order valence-corrected chi connectivity index (χ4v) is 1.69. The van der Waals surface area contributed by atoms with Gasteiger partial charge in [-0.1, -0.05) is 20.8 Å². The molecule has 1 aromatic rings. The van der Waals surface area contributed by atoms with Gasteiger partial charge in [-0.2, -0.15) is 0 Å². The summed E-state index contributed by atoms with van der Waals surface area (Å²) in [4.78, 5) is 14.0. The molecular weight excluding hydrogens is 204 g/mol. The van der Waals surface area contributed by atoms with Crippen molar-refractivity contribution in [1.29, 1.82) is 0 Å². The summed E-state index contributed by atoms with van der Waals surface area (Å²) in [7, 11) is 0. The molecule has 0 aliphatic carbocycles.